The van der Waals surface area contributed by atoms with Crippen LogP contribution in [-0.4, -0.2) is 27.0 Å². The van der Waals surface area contributed by atoms with Gasteiger partial charge in [-0.3, -0.25) is 10.1 Å². The van der Waals surface area contributed by atoms with Crippen LogP contribution in [0.15, 0.2) is 42.2 Å². The molecule has 0 aliphatic heterocycles. The van der Waals surface area contributed by atoms with Crippen LogP contribution in [0, 0.1) is 10.1 Å². The lowest BCUT2D eigenvalue weighted by Gasteiger charge is -2.11. The molecular formula is C14H12N6O3S. The molecular weight excluding hydrogens is 332 g/mol. The maximum atomic E-state index is 11.5. The molecule has 24 heavy (non-hydrogen) atoms. The van der Waals surface area contributed by atoms with Gasteiger partial charge in [0, 0.05) is 11.6 Å². The van der Waals surface area contributed by atoms with E-state index in [1.165, 1.54) is 24.8 Å². The Balaban J connectivity index is 2.00. The number of benzene rings is 1. The van der Waals surface area contributed by atoms with Crippen molar-refractivity contribution in [2.24, 2.45) is 0 Å². The van der Waals surface area contributed by atoms with Crippen LogP contribution in [-0.2, 0) is 0 Å². The Bertz CT molecular complexity index is 855. The van der Waals surface area contributed by atoms with Crippen LogP contribution in [0.25, 0.3) is 0 Å². The van der Waals surface area contributed by atoms with Crippen LogP contribution in [0.3, 0.4) is 0 Å². The van der Waals surface area contributed by atoms with Crippen molar-refractivity contribution in [3.8, 4) is 5.75 Å². The van der Waals surface area contributed by atoms with Crippen LogP contribution in [0.2, 0.25) is 0 Å². The number of methoxy groups -OCH3 is 1. The molecule has 0 unspecified atom stereocenters. The molecule has 2 N–H and O–H groups in total. The Labute approximate surface area is 140 Å². The van der Waals surface area contributed by atoms with Crippen molar-refractivity contribution in [3.63, 3.8) is 0 Å². The van der Waals surface area contributed by atoms with Gasteiger partial charge in [-0.1, -0.05) is 12.1 Å². The van der Waals surface area contributed by atoms with Crippen molar-refractivity contribution in [3.05, 3.63) is 52.3 Å². The monoisotopic (exact) mass is 344 g/mol. The summed E-state index contributed by atoms with van der Waals surface area (Å²) < 4.78 is 5.23. The zero-order valence-corrected chi connectivity index (χ0v) is 13.3. The Morgan fingerprint density at radius 2 is 1.92 bits per heavy atom. The molecule has 0 saturated carbocycles. The second-order valence-corrected chi connectivity index (χ2v) is 5.36. The molecule has 0 saturated heterocycles. The molecule has 1 aromatic carbocycles. The maximum absolute atomic E-state index is 11.5. The molecule has 0 bridgehead atoms. The van der Waals surface area contributed by atoms with Crippen molar-refractivity contribution in [2.45, 2.75) is 0 Å². The van der Waals surface area contributed by atoms with Crippen molar-refractivity contribution < 1.29 is 9.66 Å². The first-order valence-electron chi connectivity index (χ1n) is 6.75. The topological polar surface area (TPSA) is 115 Å². The van der Waals surface area contributed by atoms with Gasteiger partial charge in [0.1, 0.15) is 12.1 Å². The second kappa shape index (κ2) is 6.87. The smallest absolute Gasteiger partial charge is 0.353 e. The zero-order valence-electron chi connectivity index (χ0n) is 12.5. The fourth-order valence-corrected chi connectivity index (χ4v) is 2.52. The minimum absolute atomic E-state index is 0.0542. The molecule has 0 radical (unpaired) electrons. The molecule has 0 amide bonds. The summed E-state index contributed by atoms with van der Waals surface area (Å²) in [5, 5.41) is 19.5. The largest absolute Gasteiger partial charge is 0.495 e. The lowest BCUT2D eigenvalue weighted by atomic mass is 10.3. The highest BCUT2D eigenvalue weighted by Crippen LogP contribution is 2.35. The number of hydrogen-bond donors (Lipinski definition) is 2. The van der Waals surface area contributed by atoms with E-state index in [2.05, 4.69) is 25.6 Å². The number of ether oxygens (including phenoxy) is 1. The summed E-state index contributed by atoms with van der Waals surface area (Å²) in [6.45, 7) is 0. The zero-order chi connectivity index (χ0) is 16.9. The van der Waals surface area contributed by atoms with E-state index in [0.29, 0.717) is 16.6 Å². The Morgan fingerprint density at radius 1 is 1.17 bits per heavy atom. The minimum atomic E-state index is -0.548. The summed E-state index contributed by atoms with van der Waals surface area (Å²) in [5.41, 5.74) is 0.278. The standard InChI is InChI=1S/C14H12N6O3S/c1-23-10-5-3-2-4-9(10)18-12-11(20(21)22)13(17-8-16-12)19-14-15-6-7-24-14/h2-8H,1H3,(H2,15,16,17,18,19). The molecule has 0 aliphatic carbocycles. The Morgan fingerprint density at radius 3 is 2.58 bits per heavy atom. The highest BCUT2D eigenvalue weighted by atomic mass is 32.1. The van der Waals surface area contributed by atoms with Gasteiger partial charge >= 0.3 is 5.69 Å². The normalized spacial score (nSPS) is 10.2. The lowest BCUT2D eigenvalue weighted by Crippen LogP contribution is -2.06. The first-order valence-corrected chi connectivity index (χ1v) is 7.63. The molecule has 122 valence electrons. The number of thiazole rings is 1. The highest BCUT2D eigenvalue weighted by Gasteiger charge is 2.24. The maximum Gasteiger partial charge on any atom is 0.353 e. The average molecular weight is 344 g/mol. The fraction of sp³-hybridized carbons (Fsp3) is 0.0714. The fourth-order valence-electron chi connectivity index (χ4n) is 2.00. The van der Waals surface area contributed by atoms with E-state index in [1.54, 1.807) is 35.8 Å². The third-order valence-electron chi connectivity index (χ3n) is 3.02. The molecule has 3 aromatic rings. The molecule has 3 rings (SSSR count). The quantitative estimate of drug-likeness (QED) is 0.517. The summed E-state index contributed by atoms with van der Waals surface area (Å²) in [7, 11) is 1.52. The molecule has 0 fully saturated rings. The number of anilines is 4. The third kappa shape index (κ3) is 3.22. The van der Waals surface area contributed by atoms with Crippen molar-refractivity contribution >= 4 is 39.5 Å². The predicted molar refractivity (Wildman–Crippen MR) is 90.4 cm³/mol. The first-order chi connectivity index (χ1) is 11.7. The van der Waals surface area contributed by atoms with Gasteiger partial charge in [-0.2, -0.15) is 0 Å². The second-order valence-electron chi connectivity index (χ2n) is 4.46. The van der Waals surface area contributed by atoms with Crippen LogP contribution in [0.5, 0.6) is 5.75 Å². The van der Waals surface area contributed by atoms with Crippen LogP contribution < -0.4 is 15.4 Å². The van der Waals surface area contributed by atoms with Crippen molar-refractivity contribution in [1.29, 1.82) is 0 Å². The van der Waals surface area contributed by atoms with E-state index in [-0.39, 0.29) is 17.3 Å². The molecule has 0 aliphatic rings. The average Bonchev–Trinajstić information content (AvgIpc) is 3.08. The number of aromatic nitrogens is 3. The van der Waals surface area contributed by atoms with Gasteiger partial charge in [-0.25, -0.2) is 15.0 Å². The first kappa shape index (κ1) is 15.6. The van der Waals surface area contributed by atoms with E-state index in [9.17, 15) is 10.1 Å². The van der Waals surface area contributed by atoms with Gasteiger partial charge in [0.25, 0.3) is 0 Å². The van der Waals surface area contributed by atoms with Crippen molar-refractivity contribution in [1.82, 2.24) is 15.0 Å². The van der Waals surface area contributed by atoms with Crippen LogP contribution in [0.4, 0.5) is 28.1 Å². The number of hydrogen-bond acceptors (Lipinski definition) is 9. The van der Waals surface area contributed by atoms with Gasteiger partial charge in [0.15, 0.2) is 5.13 Å². The summed E-state index contributed by atoms with van der Waals surface area (Å²) in [4.78, 5) is 22.9. The van der Waals surface area contributed by atoms with E-state index >= 15 is 0 Å². The molecule has 9 nitrogen and oxygen atoms in total. The summed E-state index contributed by atoms with van der Waals surface area (Å²) >= 11 is 1.31. The summed E-state index contributed by atoms with van der Waals surface area (Å²) in [6.07, 6.45) is 2.83. The summed E-state index contributed by atoms with van der Waals surface area (Å²) in [5.74, 6) is 0.653. The number of rotatable bonds is 6. The predicted octanol–water partition coefficient (Wildman–Crippen LogP) is 3.34. The van der Waals surface area contributed by atoms with Gasteiger partial charge in [-0.05, 0) is 12.1 Å². The van der Waals surface area contributed by atoms with E-state index in [4.69, 9.17) is 4.74 Å². The van der Waals surface area contributed by atoms with Crippen LogP contribution in [0.1, 0.15) is 0 Å². The summed E-state index contributed by atoms with van der Waals surface area (Å²) in [6, 6.07) is 7.06. The number of nitrogens with one attached hydrogen (secondary N) is 2. The molecule has 2 aromatic heterocycles. The van der Waals surface area contributed by atoms with Crippen LogP contribution >= 0.6 is 11.3 Å². The number of nitro groups is 1. The SMILES string of the molecule is COc1ccccc1Nc1ncnc(Nc2nccs2)c1[N+](=O)[O-]. The molecule has 0 spiro atoms. The molecule has 2 heterocycles. The minimum Gasteiger partial charge on any atom is -0.495 e. The van der Waals surface area contributed by atoms with Gasteiger partial charge in [0.2, 0.25) is 11.6 Å². The third-order valence-corrected chi connectivity index (χ3v) is 3.71. The van der Waals surface area contributed by atoms with Gasteiger partial charge in [-0.15, -0.1) is 11.3 Å². The van der Waals surface area contributed by atoms with E-state index in [1.807, 2.05) is 0 Å². The van der Waals surface area contributed by atoms with Gasteiger partial charge < -0.3 is 15.4 Å². The Kier molecular flexibility index (Phi) is 4.47. The Hall–Kier alpha value is -3.27. The van der Waals surface area contributed by atoms with Gasteiger partial charge in [0.05, 0.1) is 17.7 Å². The lowest BCUT2D eigenvalue weighted by molar-refractivity contribution is -0.383. The number of nitrogens with zero attached hydrogens (tertiary/aromatic N) is 4. The highest BCUT2D eigenvalue weighted by molar-refractivity contribution is 7.13. The number of para-hydroxylation sites is 2. The molecule has 0 atom stereocenters. The van der Waals surface area contributed by atoms with E-state index < -0.39 is 4.92 Å². The van der Waals surface area contributed by atoms with Crippen molar-refractivity contribution in [2.75, 3.05) is 17.7 Å². The molecule has 10 heteroatoms. The van der Waals surface area contributed by atoms with E-state index in [0.717, 1.165) is 0 Å².